The topological polar surface area (TPSA) is 108 Å². The van der Waals surface area contributed by atoms with Crippen LogP contribution in [0.15, 0.2) is 30.3 Å². The molecule has 8 heteroatoms. The molecule has 1 aromatic carbocycles. The largest absolute Gasteiger partial charge is 0.444 e. The van der Waals surface area contributed by atoms with Crippen molar-refractivity contribution >= 4 is 17.9 Å². The van der Waals surface area contributed by atoms with E-state index in [1.807, 2.05) is 11.0 Å². The second kappa shape index (κ2) is 11.0. The van der Waals surface area contributed by atoms with Crippen LogP contribution in [0.5, 0.6) is 0 Å². The van der Waals surface area contributed by atoms with Gasteiger partial charge in [0.1, 0.15) is 11.6 Å². The van der Waals surface area contributed by atoms with Crippen molar-refractivity contribution in [1.29, 1.82) is 0 Å². The predicted octanol–water partition coefficient (Wildman–Crippen LogP) is 2.91. The Morgan fingerprint density at radius 2 is 1.64 bits per heavy atom. The minimum absolute atomic E-state index is 0.0298. The zero-order valence-electron chi connectivity index (χ0n) is 19.9. The van der Waals surface area contributed by atoms with Crippen molar-refractivity contribution in [2.24, 2.45) is 5.92 Å². The molecular formula is C25H37N3O5. The summed E-state index contributed by atoms with van der Waals surface area (Å²) < 4.78 is 5.41. The average Bonchev–Trinajstić information content (AvgIpc) is 3.31. The Hall–Kier alpha value is -2.61. The lowest BCUT2D eigenvalue weighted by Crippen LogP contribution is -2.54. The molecule has 3 amide bonds. The highest BCUT2D eigenvalue weighted by Gasteiger charge is 2.37. The van der Waals surface area contributed by atoms with Crippen molar-refractivity contribution in [2.45, 2.75) is 83.1 Å². The van der Waals surface area contributed by atoms with Crippen molar-refractivity contribution < 1.29 is 24.2 Å². The first-order valence-corrected chi connectivity index (χ1v) is 12.0. The number of rotatable bonds is 6. The van der Waals surface area contributed by atoms with Gasteiger partial charge in [-0.05, 0) is 70.8 Å². The Bertz CT molecular complexity index is 809. The molecule has 1 aliphatic heterocycles. The molecule has 2 fully saturated rings. The third-order valence-corrected chi connectivity index (χ3v) is 6.31. The Kier molecular flexibility index (Phi) is 8.35. The van der Waals surface area contributed by atoms with E-state index in [1.165, 1.54) is 0 Å². The molecule has 3 N–H and O–H groups in total. The summed E-state index contributed by atoms with van der Waals surface area (Å²) in [4.78, 5) is 40.0. The monoisotopic (exact) mass is 459 g/mol. The van der Waals surface area contributed by atoms with Crippen LogP contribution in [-0.4, -0.2) is 58.7 Å². The molecule has 2 aliphatic rings. The lowest BCUT2D eigenvalue weighted by Gasteiger charge is -2.36. The Balaban J connectivity index is 1.58. The van der Waals surface area contributed by atoms with Crippen molar-refractivity contribution in [2.75, 3.05) is 13.1 Å². The van der Waals surface area contributed by atoms with E-state index in [-0.39, 0.29) is 17.9 Å². The summed E-state index contributed by atoms with van der Waals surface area (Å²) in [6, 6.07) is 8.13. The van der Waals surface area contributed by atoms with Gasteiger partial charge >= 0.3 is 6.09 Å². The molecule has 1 heterocycles. The minimum Gasteiger partial charge on any atom is -0.444 e. The molecule has 0 radical (unpaired) electrons. The van der Waals surface area contributed by atoms with Gasteiger partial charge < -0.3 is 25.4 Å². The number of nitrogens with one attached hydrogen (secondary N) is 2. The van der Waals surface area contributed by atoms with Crippen molar-refractivity contribution in [3.8, 4) is 0 Å². The number of amides is 3. The second-order valence-corrected chi connectivity index (χ2v) is 10.1. The molecule has 0 aromatic heterocycles. The van der Waals surface area contributed by atoms with Gasteiger partial charge in [0.15, 0.2) is 6.10 Å². The summed E-state index contributed by atoms with van der Waals surface area (Å²) in [5, 5.41) is 16.1. The van der Waals surface area contributed by atoms with Gasteiger partial charge in [-0.1, -0.05) is 30.3 Å². The third kappa shape index (κ3) is 7.19. The number of aliphatic hydroxyl groups is 1. The molecular weight excluding hydrogens is 422 g/mol. The lowest BCUT2D eigenvalue weighted by molar-refractivity contribution is -0.134. The second-order valence-electron chi connectivity index (χ2n) is 10.1. The smallest absolute Gasteiger partial charge is 0.408 e. The summed E-state index contributed by atoms with van der Waals surface area (Å²) in [5.41, 5.74) is -0.0890. The third-order valence-electron chi connectivity index (χ3n) is 6.31. The molecule has 1 aliphatic carbocycles. The number of benzene rings is 1. The first-order chi connectivity index (χ1) is 15.6. The van der Waals surface area contributed by atoms with Gasteiger partial charge in [-0.15, -0.1) is 0 Å². The maximum atomic E-state index is 13.2. The average molecular weight is 460 g/mol. The predicted molar refractivity (Wildman–Crippen MR) is 124 cm³/mol. The van der Waals surface area contributed by atoms with Gasteiger partial charge in [-0.3, -0.25) is 9.59 Å². The molecule has 0 spiro atoms. The number of alkyl carbamates (subject to hydrolysis) is 1. The standard InChI is InChI=1S/C25H37N3O5/c1-25(2,3)33-24(32)27-20(23(31)28-15-7-8-16-28)17-11-13-19(14-12-17)26-22(30)21(29)18-9-5-4-6-10-18/h4-6,9-10,17,19-21,29H,7-8,11-16H2,1-3H3,(H,26,30)(H,27,32)/t17?,19?,20?,21-/m0/s1. The van der Waals surface area contributed by atoms with Gasteiger partial charge in [0.2, 0.25) is 5.91 Å². The lowest BCUT2D eigenvalue weighted by atomic mass is 9.81. The van der Waals surface area contributed by atoms with Gasteiger partial charge in [-0.2, -0.15) is 0 Å². The number of hydrogen-bond donors (Lipinski definition) is 3. The molecule has 0 bridgehead atoms. The fraction of sp³-hybridized carbons (Fsp3) is 0.640. The van der Waals surface area contributed by atoms with Gasteiger partial charge in [0.05, 0.1) is 0 Å². The quantitative estimate of drug-likeness (QED) is 0.606. The molecule has 8 nitrogen and oxygen atoms in total. The molecule has 33 heavy (non-hydrogen) atoms. The molecule has 3 rings (SSSR count). The summed E-state index contributed by atoms with van der Waals surface area (Å²) in [6.07, 6.45) is 2.90. The number of likely N-dealkylation sites (tertiary alicyclic amines) is 1. The summed E-state index contributed by atoms with van der Waals surface area (Å²) in [7, 11) is 0. The minimum atomic E-state index is -1.21. The highest BCUT2D eigenvalue weighted by atomic mass is 16.6. The van der Waals surface area contributed by atoms with Crippen LogP contribution < -0.4 is 10.6 Å². The maximum absolute atomic E-state index is 13.2. The first-order valence-electron chi connectivity index (χ1n) is 12.0. The molecule has 1 saturated carbocycles. The van der Waals surface area contributed by atoms with E-state index in [0.717, 1.165) is 12.8 Å². The number of aliphatic hydroxyl groups excluding tert-OH is 1. The fourth-order valence-electron chi connectivity index (χ4n) is 4.61. The van der Waals surface area contributed by atoms with Gasteiger partial charge in [0, 0.05) is 19.1 Å². The molecule has 2 atom stereocenters. The number of carbonyl (C=O) groups is 3. The van der Waals surface area contributed by atoms with Crippen LogP contribution in [0.25, 0.3) is 0 Å². The van der Waals surface area contributed by atoms with Crippen molar-refractivity contribution in [3.63, 3.8) is 0 Å². The SMILES string of the molecule is CC(C)(C)OC(=O)NC(C(=O)N1CCCC1)C1CCC(NC(=O)[C@@H](O)c2ccccc2)CC1. The number of nitrogens with zero attached hydrogens (tertiary/aromatic N) is 1. The first kappa shape index (κ1) is 25.0. The van der Waals surface area contributed by atoms with Crippen molar-refractivity contribution in [1.82, 2.24) is 15.5 Å². The number of carbonyl (C=O) groups excluding carboxylic acids is 3. The van der Waals surface area contributed by atoms with E-state index in [1.54, 1.807) is 45.0 Å². The van der Waals surface area contributed by atoms with Crippen LogP contribution in [0.1, 0.15) is 71.0 Å². The molecule has 1 aromatic rings. The molecule has 1 unspecified atom stereocenters. The maximum Gasteiger partial charge on any atom is 0.408 e. The number of hydrogen-bond acceptors (Lipinski definition) is 5. The van der Waals surface area contributed by atoms with E-state index >= 15 is 0 Å². The zero-order valence-corrected chi connectivity index (χ0v) is 19.9. The van der Waals surface area contributed by atoms with Crippen molar-refractivity contribution in [3.05, 3.63) is 35.9 Å². The summed E-state index contributed by atoms with van der Waals surface area (Å²) in [6.45, 7) is 6.81. The van der Waals surface area contributed by atoms with E-state index in [2.05, 4.69) is 10.6 Å². The van der Waals surface area contributed by atoms with Crippen LogP contribution in [0, 0.1) is 5.92 Å². The van der Waals surface area contributed by atoms with E-state index < -0.39 is 29.7 Å². The summed E-state index contributed by atoms with van der Waals surface area (Å²) in [5.74, 6) is -0.496. The van der Waals surface area contributed by atoms with Crippen LogP contribution >= 0.6 is 0 Å². The molecule has 1 saturated heterocycles. The Morgan fingerprint density at radius 3 is 2.21 bits per heavy atom. The molecule has 182 valence electrons. The van der Waals surface area contributed by atoms with E-state index in [0.29, 0.717) is 44.3 Å². The number of ether oxygens (including phenoxy) is 1. The highest BCUT2D eigenvalue weighted by Crippen LogP contribution is 2.29. The summed E-state index contributed by atoms with van der Waals surface area (Å²) >= 11 is 0. The van der Waals surface area contributed by atoms with Crippen LogP contribution in [-0.2, 0) is 14.3 Å². The fourth-order valence-corrected chi connectivity index (χ4v) is 4.61. The van der Waals surface area contributed by atoms with E-state index in [9.17, 15) is 19.5 Å². The zero-order chi connectivity index (χ0) is 24.0. The Labute approximate surface area is 196 Å². The highest BCUT2D eigenvalue weighted by molar-refractivity contribution is 5.86. The van der Waals surface area contributed by atoms with Crippen LogP contribution in [0.2, 0.25) is 0 Å². The van der Waals surface area contributed by atoms with Gasteiger partial charge in [0.25, 0.3) is 5.91 Å². The van der Waals surface area contributed by atoms with Crippen LogP contribution in [0.4, 0.5) is 4.79 Å². The van der Waals surface area contributed by atoms with Crippen LogP contribution in [0.3, 0.4) is 0 Å². The van der Waals surface area contributed by atoms with E-state index in [4.69, 9.17) is 4.74 Å². The van der Waals surface area contributed by atoms with Gasteiger partial charge in [-0.25, -0.2) is 4.79 Å². The normalized spacial score (nSPS) is 22.8. The Morgan fingerprint density at radius 1 is 1.03 bits per heavy atom.